The van der Waals surface area contributed by atoms with Crippen molar-refractivity contribution < 1.29 is 5.11 Å². The number of benzene rings is 1. The van der Waals surface area contributed by atoms with Gasteiger partial charge in [-0.3, -0.25) is 0 Å². The second-order valence-corrected chi connectivity index (χ2v) is 5.00. The van der Waals surface area contributed by atoms with Crippen LogP contribution in [0.4, 0.5) is 0 Å². The van der Waals surface area contributed by atoms with Gasteiger partial charge in [0.2, 0.25) is 0 Å². The SMILES string of the molecule is C=CCCC(C)(O)Cc1cccc(Cl)c1Cl. The van der Waals surface area contributed by atoms with Gasteiger partial charge < -0.3 is 5.11 Å². The third-order valence-corrected chi connectivity index (χ3v) is 3.35. The molecule has 0 aliphatic carbocycles. The van der Waals surface area contributed by atoms with Gasteiger partial charge in [-0.15, -0.1) is 6.58 Å². The van der Waals surface area contributed by atoms with Gasteiger partial charge in [-0.05, 0) is 31.4 Å². The Hall–Kier alpha value is -0.500. The smallest absolute Gasteiger partial charge is 0.0663 e. The van der Waals surface area contributed by atoms with Gasteiger partial charge in [0.15, 0.2) is 0 Å². The zero-order valence-corrected chi connectivity index (χ0v) is 10.9. The van der Waals surface area contributed by atoms with Gasteiger partial charge in [0.25, 0.3) is 0 Å². The molecule has 0 heterocycles. The highest BCUT2D eigenvalue weighted by Crippen LogP contribution is 2.29. The third-order valence-electron chi connectivity index (χ3n) is 2.49. The number of rotatable bonds is 5. The molecule has 0 aromatic heterocycles. The normalized spacial score (nSPS) is 14.5. The Morgan fingerprint density at radius 2 is 2.12 bits per heavy atom. The Morgan fingerprint density at radius 1 is 1.44 bits per heavy atom. The molecule has 0 bridgehead atoms. The minimum absolute atomic E-state index is 0.500. The Kier molecular flexibility index (Phi) is 4.85. The molecule has 0 aliphatic rings. The van der Waals surface area contributed by atoms with E-state index in [1.165, 1.54) is 0 Å². The minimum atomic E-state index is -0.775. The van der Waals surface area contributed by atoms with Crippen molar-refractivity contribution in [1.82, 2.24) is 0 Å². The molecule has 1 atom stereocenters. The van der Waals surface area contributed by atoms with Crippen LogP contribution >= 0.6 is 23.2 Å². The summed E-state index contributed by atoms with van der Waals surface area (Å²) in [5.41, 5.74) is 0.103. The van der Waals surface area contributed by atoms with E-state index in [4.69, 9.17) is 23.2 Å². The fraction of sp³-hybridized carbons (Fsp3) is 0.385. The second kappa shape index (κ2) is 5.72. The number of hydrogen-bond acceptors (Lipinski definition) is 1. The zero-order chi connectivity index (χ0) is 12.2. The summed E-state index contributed by atoms with van der Waals surface area (Å²) < 4.78 is 0. The monoisotopic (exact) mass is 258 g/mol. The molecule has 1 aromatic rings. The molecule has 0 radical (unpaired) electrons. The molecule has 0 spiro atoms. The van der Waals surface area contributed by atoms with Crippen LogP contribution in [0.25, 0.3) is 0 Å². The number of halogens is 2. The lowest BCUT2D eigenvalue weighted by molar-refractivity contribution is 0.0523. The van der Waals surface area contributed by atoms with Crippen molar-refractivity contribution in [2.45, 2.75) is 31.8 Å². The van der Waals surface area contributed by atoms with Crippen LogP contribution in [0.5, 0.6) is 0 Å². The summed E-state index contributed by atoms with van der Waals surface area (Å²) >= 11 is 12.0. The van der Waals surface area contributed by atoms with Crippen molar-refractivity contribution in [2.24, 2.45) is 0 Å². The molecule has 0 amide bonds. The lowest BCUT2D eigenvalue weighted by atomic mass is 9.92. The molecule has 1 aromatic carbocycles. The van der Waals surface area contributed by atoms with Crippen LogP contribution in [0, 0.1) is 0 Å². The molecule has 1 N–H and O–H groups in total. The summed E-state index contributed by atoms with van der Waals surface area (Å²) in [6.07, 6.45) is 3.75. The van der Waals surface area contributed by atoms with Crippen LogP contribution in [-0.4, -0.2) is 10.7 Å². The maximum Gasteiger partial charge on any atom is 0.0663 e. The van der Waals surface area contributed by atoms with Crippen molar-refractivity contribution in [3.05, 3.63) is 46.5 Å². The summed E-state index contributed by atoms with van der Waals surface area (Å²) in [6, 6.07) is 5.47. The fourth-order valence-corrected chi connectivity index (χ4v) is 1.98. The first-order chi connectivity index (χ1) is 7.46. The maximum atomic E-state index is 10.2. The quantitative estimate of drug-likeness (QED) is 0.783. The van der Waals surface area contributed by atoms with Gasteiger partial charge in [0.1, 0.15) is 0 Å². The van der Waals surface area contributed by atoms with E-state index in [9.17, 15) is 5.11 Å². The Balaban J connectivity index is 2.79. The molecule has 1 rings (SSSR count). The van der Waals surface area contributed by atoms with Crippen LogP contribution in [0.15, 0.2) is 30.9 Å². The van der Waals surface area contributed by atoms with E-state index in [0.29, 0.717) is 22.9 Å². The van der Waals surface area contributed by atoms with Gasteiger partial charge in [-0.25, -0.2) is 0 Å². The third kappa shape index (κ3) is 3.82. The van der Waals surface area contributed by atoms with Crippen molar-refractivity contribution in [3.63, 3.8) is 0 Å². The van der Waals surface area contributed by atoms with Crippen LogP contribution in [0.1, 0.15) is 25.3 Å². The number of aliphatic hydroxyl groups is 1. The van der Waals surface area contributed by atoms with Gasteiger partial charge in [-0.1, -0.05) is 41.4 Å². The molecule has 1 unspecified atom stereocenters. The van der Waals surface area contributed by atoms with E-state index in [-0.39, 0.29) is 0 Å². The lowest BCUT2D eigenvalue weighted by Crippen LogP contribution is -2.27. The van der Waals surface area contributed by atoms with Gasteiger partial charge in [-0.2, -0.15) is 0 Å². The van der Waals surface area contributed by atoms with Crippen LogP contribution in [-0.2, 0) is 6.42 Å². The predicted octanol–water partition coefficient (Wildman–Crippen LogP) is 4.25. The van der Waals surface area contributed by atoms with Crippen LogP contribution in [0.3, 0.4) is 0 Å². The first-order valence-electron chi connectivity index (χ1n) is 5.22. The van der Waals surface area contributed by atoms with Crippen molar-refractivity contribution in [1.29, 1.82) is 0 Å². The van der Waals surface area contributed by atoms with E-state index in [1.807, 2.05) is 12.1 Å². The van der Waals surface area contributed by atoms with Crippen LogP contribution in [0.2, 0.25) is 10.0 Å². The van der Waals surface area contributed by atoms with Crippen molar-refractivity contribution in [2.75, 3.05) is 0 Å². The molecule has 1 nitrogen and oxygen atoms in total. The van der Waals surface area contributed by atoms with E-state index < -0.39 is 5.60 Å². The molecule has 0 fully saturated rings. The van der Waals surface area contributed by atoms with E-state index in [2.05, 4.69) is 6.58 Å². The molecule has 16 heavy (non-hydrogen) atoms. The summed E-state index contributed by atoms with van der Waals surface area (Å²) in [5.74, 6) is 0. The molecule has 0 saturated carbocycles. The van der Waals surface area contributed by atoms with E-state index >= 15 is 0 Å². The van der Waals surface area contributed by atoms with Crippen LogP contribution < -0.4 is 0 Å². The maximum absolute atomic E-state index is 10.2. The Bertz CT molecular complexity index is 372. The van der Waals surface area contributed by atoms with Crippen molar-refractivity contribution in [3.8, 4) is 0 Å². The molecule has 0 saturated heterocycles. The predicted molar refractivity (Wildman–Crippen MR) is 70.2 cm³/mol. The van der Waals surface area contributed by atoms with Gasteiger partial charge >= 0.3 is 0 Å². The first kappa shape index (κ1) is 13.6. The molecule has 3 heteroatoms. The summed E-state index contributed by atoms with van der Waals surface area (Å²) in [7, 11) is 0. The van der Waals surface area contributed by atoms with E-state index in [0.717, 1.165) is 12.0 Å². The number of allylic oxidation sites excluding steroid dienone is 1. The Morgan fingerprint density at radius 3 is 2.75 bits per heavy atom. The summed E-state index contributed by atoms with van der Waals surface area (Å²) in [4.78, 5) is 0. The summed E-state index contributed by atoms with van der Waals surface area (Å²) in [6.45, 7) is 5.44. The molecular formula is C13H16Cl2O. The zero-order valence-electron chi connectivity index (χ0n) is 9.34. The highest BCUT2D eigenvalue weighted by Gasteiger charge is 2.21. The minimum Gasteiger partial charge on any atom is -0.390 e. The lowest BCUT2D eigenvalue weighted by Gasteiger charge is -2.23. The largest absolute Gasteiger partial charge is 0.390 e. The van der Waals surface area contributed by atoms with Gasteiger partial charge in [0, 0.05) is 6.42 Å². The standard InChI is InChI=1S/C13H16Cl2O/c1-3-4-8-13(2,16)9-10-6-5-7-11(14)12(10)15/h3,5-7,16H,1,4,8-9H2,2H3. The molecule has 0 aliphatic heterocycles. The topological polar surface area (TPSA) is 20.2 Å². The van der Waals surface area contributed by atoms with E-state index in [1.54, 1.807) is 19.1 Å². The highest BCUT2D eigenvalue weighted by molar-refractivity contribution is 6.42. The van der Waals surface area contributed by atoms with Crippen molar-refractivity contribution >= 4 is 23.2 Å². The second-order valence-electron chi connectivity index (χ2n) is 4.21. The molecule has 88 valence electrons. The number of hydrogen-bond donors (Lipinski definition) is 1. The van der Waals surface area contributed by atoms with Gasteiger partial charge in [0.05, 0.1) is 15.6 Å². The molecular weight excluding hydrogens is 243 g/mol. The average molecular weight is 259 g/mol. The average Bonchev–Trinajstić information content (AvgIpc) is 2.22. The Labute approximate surface area is 107 Å². The fourth-order valence-electron chi connectivity index (χ4n) is 1.60. The summed E-state index contributed by atoms with van der Waals surface area (Å²) in [5, 5.41) is 11.2. The first-order valence-corrected chi connectivity index (χ1v) is 5.98. The highest BCUT2D eigenvalue weighted by atomic mass is 35.5.